The molecule has 0 radical (unpaired) electrons. The highest BCUT2D eigenvalue weighted by molar-refractivity contribution is 5.03. The maximum atomic E-state index is 13.0. The standard InChI is InChI=1S/C14H20F6.C10H18.2C9H12F6.C9H15F3.2C8H13F3.C6H14.C5H12/c1-10-2-4-11(5-3-10)6-8-12(9-7-11,13(15,16)17)14(18,19)20;1-8-7-9-3-5-10(8,2)6-4-9;1-6-2-4-7(5-3-6,8(10,11)12)9(13,14)15;1-6-4-2-3-5-7(6,8(10,11)12)9(13,14)15;1-6-4-3-5-8(7(6)2)9(10,11)12;1-6-2-4-7(5-3-6)8(9,10)11;1-6-3-2-4-7(5-6)8(9,10)11;1-5-6(2,3)4;1-5(2,3)4/h10H,2-9H2,1H3;8-9H,3-7H2,1-2H3;2*6H,2-5H2,1H3;6-8H,3-5H2,1-2H3;2*6-7H,2-5H2,1H3;5H2,1-4H3;1-4H3/t;8-,9?,10?;;6-;6?,7-,8?;;6-,7?;;/m.0.11.1../s1. The summed E-state index contributed by atoms with van der Waals surface area (Å²) < 4.78 is 338. The molecule has 0 nitrogen and oxygen atoms in total. The molecule has 27 heteroatoms. The Bertz CT molecular complexity index is 2310. The Labute approximate surface area is 610 Å². The average molecular weight is 1580 g/mol. The van der Waals surface area contributed by atoms with Gasteiger partial charge in [0, 0.05) is 0 Å². The number of alkyl halides is 27. The van der Waals surface area contributed by atoms with Crippen molar-refractivity contribution >= 4 is 0 Å². The fourth-order valence-electron chi connectivity index (χ4n) is 16.4. The largest absolute Gasteiger partial charge is 0.403 e. The van der Waals surface area contributed by atoms with Gasteiger partial charge in [0.05, 0.1) is 17.8 Å². The van der Waals surface area contributed by atoms with E-state index >= 15 is 0 Å². The van der Waals surface area contributed by atoms with Gasteiger partial charge in [0.15, 0.2) is 16.2 Å². The molecular formula is C78H129F27. The van der Waals surface area contributed by atoms with Crippen molar-refractivity contribution in [3.63, 3.8) is 0 Å². The summed E-state index contributed by atoms with van der Waals surface area (Å²) in [4.78, 5) is 0. The maximum Gasteiger partial charge on any atom is 0.403 e. The lowest BCUT2D eigenvalue weighted by Crippen LogP contribution is -2.55. The normalized spacial score (nSPS) is 30.5. The first kappa shape index (κ1) is 101. The summed E-state index contributed by atoms with van der Waals surface area (Å²) >= 11 is 0. The molecule has 0 aromatic rings. The van der Waals surface area contributed by atoms with E-state index in [1.807, 2.05) is 20.8 Å². The summed E-state index contributed by atoms with van der Waals surface area (Å²) in [6, 6.07) is 0. The number of hydrogen-bond donors (Lipinski definition) is 0. The summed E-state index contributed by atoms with van der Waals surface area (Å²) in [6.07, 6.45) is -27.8. The van der Waals surface area contributed by atoms with Crippen LogP contribution in [0.2, 0.25) is 0 Å². The van der Waals surface area contributed by atoms with Crippen molar-refractivity contribution in [1.82, 2.24) is 0 Å². The van der Waals surface area contributed by atoms with Crippen LogP contribution < -0.4 is 0 Å². The molecule has 10 fully saturated rings. The first-order valence-electron chi connectivity index (χ1n) is 38.5. The van der Waals surface area contributed by atoms with Crippen LogP contribution in [0.25, 0.3) is 0 Å². The molecule has 0 heterocycles. The molecule has 10 saturated carbocycles. The minimum absolute atomic E-state index is 0.0106. The van der Waals surface area contributed by atoms with E-state index in [2.05, 4.69) is 76.2 Å². The Hall–Kier alpha value is -1.89. The molecule has 1 spiro atoms. The lowest BCUT2D eigenvalue weighted by Gasteiger charge is -2.49. The van der Waals surface area contributed by atoms with Gasteiger partial charge in [-0.3, -0.25) is 0 Å². The van der Waals surface area contributed by atoms with E-state index in [4.69, 9.17) is 0 Å². The smallest absolute Gasteiger partial charge is 0.171 e. The zero-order valence-electron chi connectivity index (χ0n) is 65.5. The highest BCUT2D eigenvalue weighted by atomic mass is 19.4. The topological polar surface area (TPSA) is 0 Å². The molecule has 10 rings (SSSR count). The second-order valence-corrected chi connectivity index (χ2v) is 36.7. The Kier molecular flexibility index (Phi) is 37.8. The monoisotopic (exact) mass is 1580 g/mol. The summed E-state index contributed by atoms with van der Waals surface area (Å²) in [5, 5.41) is 0. The quantitative estimate of drug-likeness (QED) is 0.212. The molecule has 3 unspecified atom stereocenters. The van der Waals surface area contributed by atoms with Gasteiger partial charge >= 0.3 is 55.6 Å². The molecule has 0 aromatic heterocycles. The number of rotatable bonds is 0. The molecule has 0 aliphatic heterocycles. The highest BCUT2D eigenvalue weighted by Crippen LogP contribution is 2.65. The fourth-order valence-corrected chi connectivity index (χ4v) is 16.4. The Morgan fingerprint density at radius 3 is 0.962 bits per heavy atom. The lowest BCUT2D eigenvalue weighted by molar-refractivity contribution is -0.364. The van der Waals surface area contributed by atoms with Crippen LogP contribution in [0.3, 0.4) is 0 Å². The van der Waals surface area contributed by atoms with Gasteiger partial charge in [0.1, 0.15) is 0 Å². The molecule has 105 heavy (non-hydrogen) atoms. The number of halogens is 27. The predicted molar refractivity (Wildman–Crippen MR) is 362 cm³/mol. The van der Waals surface area contributed by atoms with Crippen molar-refractivity contribution in [2.24, 2.45) is 109 Å². The van der Waals surface area contributed by atoms with Crippen LogP contribution in [-0.4, -0.2) is 55.6 Å². The third-order valence-corrected chi connectivity index (χ3v) is 25.3. The summed E-state index contributed by atoms with van der Waals surface area (Å²) in [7, 11) is 0. The van der Waals surface area contributed by atoms with E-state index < -0.39 is 128 Å². The van der Waals surface area contributed by atoms with Crippen LogP contribution in [0.5, 0.6) is 0 Å². The molecule has 0 N–H and O–H groups in total. The second kappa shape index (κ2) is 39.2. The van der Waals surface area contributed by atoms with Crippen molar-refractivity contribution in [3.05, 3.63) is 0 Å². The molecule has 2 bridgehead atoms. The Morgan fingerprint density at radius 2 is 0.676 bits per heavy atom. The first-order valence-corrected chi connectivity index (χ1v) is 38.5. The van der Waals surface area contributed by atoms with Gasteiger partial charge in [0.2, 0.25) is 0 Å². The van der Waals surface area contributed by atoms with Crippen LogP contribution in [0.4, 0.5) is 119 Å². The zero-order valence-corrected chi connectivity index (χ0v) is 65.5. The van der Waals surface area contributed by atoms with Gasteiger partial charge in [-0.05, 0) is 216 Å². The molecule has 630 valence electrons. The fraction of sp³-hybridized carbons (Fsp3) is 1.00. The molecule has 0 aromatic carbocycles. The van der Waals surface area contributed by atoms with Crippen LogP contribution >= 0.6 is 0 Å². The van der Waals surface area contributed by atoms with Gasteiger partial charge < -0.3 is 0 Å². The lowest BCUT2D eigenvalue weighted by atomic mass is 9.57. The number of fused-ring (bicyclic) bond motifs is 3. The van der Waals surface area contributed by atoms with E-state index in [1.165, 1.54) is 38.5 Å². The first-order chi connectivity index (χ1) is 46.9. The van der Waals surface area contributed by atoms with Crippen molar-refractivity contribution in [2.45, 2.75) is 385 Å². The van der Waals surface area contributed by atoms with Crippen molar-refractivity contribution in [1.29, 1.82) is 0 Å². The van der Waals surface area contributed by atoms with Gasteiger partial charge in [0.25, 0.3) is 0 Å². The molecule has 0 amide bonds. The molecular weight excluding hydrogens is 1450 g/mol. The van der Waals surface area contributed by atoms with Crippen LogP contribution in [-0.2, 0) is 0 Å². The number of hydrogen-bond acceptors (Lipinski definition) is 0. The third kappa shape index (κ3) is 31.2. The van der Waals surface area contributed by atoms with Gasteiger partial charge in [-0.15, -0.1) is 0 Å². The van der Waals surface area contributed by atoms with Gasteiger partial charge in [-0.2, -0.15) is 119 Å². The molecule has 10 aliphatic rings. The van der Waals surface area contributed by atoms with E-state index in [1.54, 1.807) is 13.8 Å². The second-order valence-electron chi connectivity index (χ2n) is 36.7. The van der Waals surface area contributed by atoms with Crippen molar-refractivity contribution in [2.75, 3.05) is 0 Å². The Morgan fingerprint density at radius 1 is 0.305 bits per heavy atom. The van der Waals surface area contributed by atoms with E-state index in [-0.39, 0.29) is 67.6 Å². The van der Waals surface area contributed by atoms with E-state index in [0.29, 0.717) is 61.2 Å². The van der Waals surface area contributed by atoms with Gasteiger partial charge in [-0.1, -0.05) is 188 Å². The van der Waals surface area contributed by atoms with E-state index in [0.717, 1.165) is 88.4 Å². The summed E-state index contributed by atoms with van der Waals surface area (Å²) in [5.41, 5.74) is -8.92. The minimum atomic E-state index is -5.20. The highest BCUT2D eigenvalue weighted by Gasteiger charge is 2.74. The molecule has 0 saturated heterocycles. The molecule has 10 aliphatic carbocycles. The van der Waals surface area contributed by atoms with Crippen LogP contribution in [0, 0.1) is 109 Å². The third-order valence-electron chi connectivity index (χ3n) is 25.3. The maximum absolute atomic E-state index is 13.0. The van der Waals surface area contributed by atoms with E-state index in [9.17, 15) is 119 Å². The predicted octanol–water partition coefficient (Wildman–Crippen LogP) is 32.6. The SMILES string of the molecule is CC(C)(C)C.CC1CCC(C(F)(F)F)(C(F)(F)F)CC1.CC1CCC(C(F)(F)F)CC1.CC1CCC2(CC1)CCC(C(F)(F)F)(C(F)(F)F)CC2.CC1CCCC(C(F)(F)F)[C@@H]1C.CCC(C)(C)C.C[C@@H]1CCCC(C(F)(F)F)C1.C[C@@H]1CCCCC1(C(F)(F)F)C(F)(F)F.C[C@H]1CC2CCC1(C)CC2. The van der Waals surface area contributed by atoms with Crippen LogP contribution in [0.1, 0.15) is 330 Å². The zero-order chi connectivity index (χ0) is 82.3. The summed E-state index contributed by atoms with van der Waals surface area (Å²) in [6.45, 7) is 35.0. The molecule has 7 atom stereocenters. The minimum Gasteiger partial charge on any atom is -0.171 e. The Balaban J connectivity index is 0.000000604. The van der Waals surface area contributed by atoms with Crippen LogP contribution in [0.15, 0.2) is 0 Å². The summed E-state index contributed by atoms with van der Waals surface area (Å²) in [5.74, 6) is -1.08. The average Bonchev–Trinajstić information content (AvgIpc) is 0.769. The van der Waals surface area contributed by atoms with Crippen molar-refractivity contribution < 1.29 is 119 Å². The van der Waals surface area contributed by atoms with Crippen molar-refractivity contribution in [3.8, 4) is 0 Å². The van der Waals surface area contributed by atoms with Gasteiger partial charge in [-0.25, -0.2) is 0 Å².